The van der Waals surface area contributed by atoms with Crippen molar-refractivity contribution < 1.29 is 19.5 Å². The van der Waals surface area contributed by atoms with Crippen molar-refractivity contribution in [3.8, 4) is 5.75 Å². The number of amidine groups is 1. The van der Waals surface area contributed by atoms with Gasteiger partial charge in [0.15, 0.2) is 5.84 Å². The molecule has 0 bridgehead atoms. The summed E-state index contributed by atoms with van der Waals surface area (Å²) >= 11 is 0. The summed E-state index contributed by atoms with van der Waals surface area (Å²) in [4.78, 5) is 11.5. The van der Waals surface area contributed by atoms with Gasteiger partial charge in [0, 0.05) is 6.61 Å². The third kappa shape index (κ3) is 5.26. The largest absolute Gasteiger partial charge is 0.483 e. The molecule has 1 aromatic rings. The maximum Gasteiger partial charge on any atom is 0.250 e. The number of oxime groups is 1. The monoisotopic (exact) mass is 267 g/mol. The van der Waals surface area contributed by atoms with Crippen molar-refractivity contribution in [1.29, 1.82) is 0 Å². The minimum atomic E-state index is -0.276. The zero-order chi connectivity index (χ0) is 14.1. The fraction of sp³-hybridized carbons (Fsp3) is 0.333. The number of nitrogens with one attached hydrogen (secondary N) is 1. The van der Waals surface area contributed by atoms with Crippen molar-refractivity contribution in [1.82, 2.24) is 0 Å². The van der Waals surface area contributed by atoms with Crippen LogP contribution in [0.1, 0.15) is 6.92 Å². The first-order chi connectivity index (χ1) is 9.17. The number of amides is 1. The van der Waals surface area contributed by atoms with Crippen LogP contribution in [-0.4, -0.2) is 36.8 Å². The van der Waals surface area contributed by atoms with Gasteiger partial charge in [0.05, 0.1) is 5.69 Å². The van der Waals surface area contributed by atoms with E-state index in [1.165, 1.54) is 0 Å². The molecule has 1 aromatic carbocycles. The van der Waals surface area contributed by atoms with Crippen LogP contribution in [-0.2, 0) is 9.53 Å². The van der Waals surface area contributed by atoms with Crippen LogP contribution in [0.4, 0.5) is 5.69 Å². The number of carbonyl (C=O) groups excluding carboxylic acids is 1. The van der Waals surface area contributed by atoms with Gasteiger partial charge < -0.3 is 25.7 Å². The summed E-state index contributed by atoms with van der Waals surface area (Å²) < 4.78 is 10.3. The average molecular weight is 267 g/mol. The van der Waals surface area contributed by atoms with Gasteiger partial charge in [-0.25, -0.2) is 0 Å². The molecule has 0 radical (unpaired) electrons. The Morgan fingerprint density at radius 2 is 2.16 bits per heavy atom. The smallest absolute Gasteiger partial charge is 0.250 e. The topological polar surface area (TPSA) is 106 Å². The van der Waals surface area contributed by atoms with E-state index >= 15 is 0 Å². The Bertz CT molecular complexity index is 448. The molecule has 4 N–H and O–H groups in total. The van der Waals surface area contributed by atoms with Crippen LogP contribution in [0, 0.1) is 0 Å². The SMILES string of the molecule is CCOCC(=O)Nc1ccccc1OC/C(N)=N/O. The predicted molar refractivity (Wildman–Crippen MR) is 70.5 cm³/mol. The van der Waals surface area contributed by atoms with E-state index in [1.807, 2.05) is 0 Å². The molecule has 0 saturated heterocycles. The van der Waals surface area contributed by atoms with E-state index in [0.29, 0.717) is 18.0 Å². The molecule has 0 aliphatic heterocycles. The van der Waals surface area contributed by atoms with Crippen LogP contribution in [0.5, 0.6) is 5.75 Å². The van der Waals surface area contributed by atoms with Gasteiger partial charge in [0.1, 0.15) is 19.0 Å². The Hall–Kier alpha value is -2.28. The molecule has 1 amide bonds. The van der Waals surface area contributed by atoms with Gasteiger partial charge >= 0.3 is 0 Å². The fourth-order valence-corrected chi connectivity index (χ4v) is 1.26. The molecule has 0 atom stereocenters. The number of ether oxygens (including phenoxy) is 2. The maximum absolute atomic E-state index is 11.5. The molecule has 7 nitrogen and oxygen atoms in total. The van der Waals surface area contributed by atoms with E-state index < -0.39 is 0 Å². The van der Waals surface area contributed by atoms with Crippen molar-refractivity contribution in [3.63, 3.8) is 0 Å². The van der Waals surface area contributed by atoms with Gasteiger partial charge in [0.25, 0.3) is 0 Å². The van der Waals surface area contributed by atoms with E-state index in [1.54, 1.807) is 31.2 Å². The number of hydrogen-bond acceptors (Lipinski definition) is 5. The summed E-state index contributed by atoms with van der Waals surface area (Å²) in [6, 6.07) is 6.86. The van der Waals surface area contributed by atoms with Gasteiger partial charge in [0.2, 0.25) is 5.91 Å². The Morgan fingerprint density at radius 3 is 2.84 bits per heavy atom. The number of carbonyl (C=O) groups is 1. The molecule has 0 saturated carbocycles. The number of nitrogens with zero attached hydrogens (tertiary/aromatic N) is 1. The third-order valence-corrected chi connectivity index (χ3v) is 2.10. The summed E-state index contributed by atoms with van der Waals surface area (Å²) in [6.07, 6.45) is 0. The van der Waals surface area contributed by atoms with Crippen LogP contribution in [0.2, 0.25) is 0 Å². The highest BCUT2D eigenvalue weighted by Crippen LogP contribution is 2.23. The maximum atomic E-state index is 11.5. The number of rotatable bonds is 7. The summed E-state index contributed by atoms with van der Waals surface area (Å²) in [6.45, 7) is 2.18. The van der Waals surface area contributed by atoms with E-state index in [-0.39, 0.29) is 25.0 Å². The third-order valence-electron chi connectivity index (χ3n) is 2.10. The summed E-state index contributed by atoms with van der Waals surface area (Å²) in [7, 11) is 0. The number of benzene rings is 1. The molecule has 1 rings (SSSR count). The molecule has 0 aliphatic rings. The molecule has 0 fully saturated rings. The highest BCUT2D eigenvalue weighted by atomic mass is 16.5. The van der Waals surface area contributed by atoms with Gasteiger partial charge in [-0.1, -0.05) is 17.3 Å². The van der Waals surface area contributed by atoms with Gasteiger partial charge in [-0.05, 0) is 19.1 Å². The zero-order valence-electron chi connectivity index (χ0n) is 10.6. The van der Waals surface area contributed by atoms with Gasteiger partial charge in [-0.15, -0.1) is 0 Å². The van der Waals surface area contributed by atoms with Crippen molar-refractivity contribution in [3.05, 3.63) is 24.3 Å². The summed E-state index contributed by atoms with van der Waals surface area (Å²) in [5, 5.41) is 13.9. The quantitative estimate of drug-likeness (QED) is 0.293. The van der Waals surface area contributed by atoms with E-state index in [2.05, 4.69) is 10.5 Å². The Kier molecular flexibility index (Phi) is 6.17. The lowest BCUT2D eigenvalue weighted by Gasteiger charge is -2.11. The first-order valence-electron chi connectivity index (χ1n) is 5.73. The fourth-order valence-electron chi connectivity index (χ4n) is 1.26. The summed E-state index contributed by atoms with van der Waals surface area (Å²) in [5.41, 5.74) is 5.80. The van der Waals surface area contributed by atoms with Crippen molar-refractivity contribution in [2.75, 3.05) is 25.1 Å². The normalized spacial score (nSPS) is 11.1. The van der Waals surface area contributed by atoms with Crippen molar-refractivity contribution >= 4 is 17.4 Å². The molecular weight excluding hydrogens is 250 g/mol. The Morgan fingerprint density at radius 1 is 1.42 bits per heavy atom. The lowest BCUT2D eigenvalue weighted by Crippen LogP contribution is -2.22. The minimum Gasteiger partial charge on any atom is -0.483 e. The molecule has 0 aromatic heterocycles. The number of nitrogens with two attached hydrogens (primary N) is 1. The average Bonchev–Trinajstić information content (AvgIpc) is 2.43. The molecule has 7 heteroatoms. The van der Waals surface area contributed by atoms with Crippen LogP contribution in [0.3, 0.4) is 0 Å². The highest BCUT2D eigenvalue weighted by molar-refractivity contribution is 5.93. The molecule has 104 valence electrons. The van der Waals surface area contributed by atoms with Crippen LogP contribution in [0.15, 0.2) is 29.4 Å². The van der Waals surface area contributed by atoms with Gasteiger partial charge in [-0.3, -0.25) is 4.79 Å². The lowest BCUT2D eigenvalue weighted by atomic mass is 10.3. The van der Waals surface area contributed by atoms with Crippen LogP contribution >= 0.6 is 0 Å². The first kappa shape index (κ1) is 14.8. The summed E-state index contributed by atoms with van der Waals surface area (Å²) in [5.74, 6) is 0.0936. The molecule has 0 heterocycles. The van der Waals surface area contributed by atoms with Crippen molar-refractivity contribution in [2.24, 2.45) is 10.9 Å². The van der Waals surface area contributed by atoms with Gasteiger partial charge in [-0.2, -0.15) is 0 Å². The van der Waals surface area contributed by atoms with E-state index in [0.717, 1.165) is 0 Å². The second-order valence-corrected chi connectivity index (χ2v) is 3.56. The van der Waals surface area contributed by atoms with E-state index in [9.17, 15) is 4.79 Å². The Balaban J connectivity index is 2.64. The van der Waals surface area contributed by atoms with Crippen LogP contribution < -0.4 is 15.8 Å². The molecule has 0 spiro atoms. The van der Waals surface area contributed by atoms with E-state index in [4.69, 9.17) is 20.4 Å². The number of anilines is 1. The highest BCUT2D eigenvalue weighted by Gasteiger charge is 2.08. The second-order valence-electron chi connectivity index (χ2n) is 3.56. The molecule has 19 heavy (non-hydrogen) atoms. The number of hydrogen-bond donors (Lipinski definition) is 3. The second kappa shape index (κ2) is 7.93. The number of para-hydroxylation sites is 2. The molecule has 0 aliphatic carbocycles. The lowest BCUT2D eigenvalue weighted by molar-refractivity contribution is -0.120. The predicted octanol–water partition coefficient (Wildman–Crippen LogP) is 0.787. The molecular formula is C12H17N3O4. The minimum absolute atomic E-state index is 0.0227. The van der Waals surface area contributed by atoms with Crippen LogP contribution in [0.25, 0.3) is 0 Å². The Labute approximate surface area is 111 Å². The first-order valence-corrected chi connectivity index (χ1v) is 5.73. The zero-order valence-corrected chi connectivity index (χ0v) is 10.6. The molecule has 0 unspecified atom stereocenters. The standard InChI is InChI=1S/C12H17N3O4/c1-2-18-8-12(16)14-9-5-3-4-6-10(9)19-7-11(13)15-17/h3-6,17H,2,7-8H2,1H3,(H2,13,15)(H,14,16). The van der Waals surface area contributed by atoms with Crippen molar-refractivity contribution in [2.45, 2.75) is 6.92 Å².